The smallest absolute Gasteiger partial charge is 0.183 e. The lowest BCUT2D eigenvalue weighted by atomic mass is 9.68. The Morgan fingerprint density at radius 3 is 1.95 bits per heavy atom. The fourth-order valence-electron chi connectivity index (χ4n) is 3.82. The van der Waals surface area contributed by atoms with Gasteiger partial charge in [-0.05, 0) is 69.9 Å². The Morgan fingerprint density at radius 2 is 1.50 bits per heavy atom. The molecular weight excluding hydrogens is 548 g/mol. The van der Waals surface area contributed by atoms with Gasteiger partial charge in [0.2, 0.25) is 0 Å². The number of pyridine rings is 1. The lowest BCUT2D eigenvalue weighted by Gasteiger charge is -2.41. The first-order valence-electron chi connectivity index (χ1n) is 17.0. The third-order valence-corrected chi connectivity index (χ3v) is 8.63. The van der Waals surface area contributed by atoms with Crippen molar-refractivity contribution in [3.8, 4) is 23.7 Å². The SMILES string of the molecule is CC.CC.CC.CCC(C)(CCC(C)C(C)C)OCC(C)(C)C(C)(C)C#Cc1ccc(OC2CC(OC)C2)c(C#N)n1.CO. The predicted octanol–water partition coefficient (Wildman–Crippen LogP) is 9.86. The zero-order valence-corrected chi connectivity index (χ0v) is 31.8. The molecule has 0 spiro atoms. The van der Waals surface area contributed by atoms with Gasteiger partial charge in [-0.1, -0.05) is 89.0 Å². The van der Waals surface area contributed by atoms with Crippen LogP contribution in [-0.4, -0.2) is 48.7 Å². The van der Waals surface area contributed by atoms with Gasteiger partial charge in [-0.25, -0.2) is 4.98 Å². The van der Waals surface area contributed by atoms with Gasteiger partial charge in [-0.3, -0.25) is 0 Å². The van der Waals surface area contributed by atoms with Crippen LogP contribution in [0.3, 0.4) is 0 Å². The van der Waals surface area contributed by atoms with E-state index in [1.54, 1.807) is 7.11 Å². The Balaban J connectivity index is -0.00000194. The minimum atomic E-state index is -0.322. The predicted molar refractivity (Wildman–Crippen MR) is 188 cm³/mol. The molecule has 2 atom stereocenters. The van der Waals surface area contributed by atoms with Gasteiger partial charge in [0.15, 0.2) is 11.4 Å². The highest BCUT2D eigenvalue weighted by molar-refractivity contribution is 5.42. The lowest BCUT2D eigenvalue weighted by Crippen LogP contribution is -2.40. The van der Waals surface area contributed by atoms with E-state index in [0.29, 0.717) is 29.9 Å². The van der Waals surface area contributed by atoms with Crippen LogP contribution in [0.4, 0.5) is 0 Å². The molecule has 1 N–H and O–H groups in total. The number of methoxy groups -OCH3 is 1. The molecule has 1 heterocycles. The molecule has 0 bridgehead atoms. The summed E-state index contributed by atoms with van der Waals surface area (Å²) in [7, 11) is 2.71. The van der Waals surface area contributed by atoms with Crippen LogP contribution >= 0.6 is 0 Å². The van der Waals surface area contributed by atoms with Gasteiger partial charge in [0.05, 0.1) is 18.3 Å². The topological polar surface area (TPSA) is 84.6 Å². The van der Waals surface area contributed by atoms with E-state index in [9.17, 15) is 5.26 Å². The van der Waals surface area contributed by atoms with Crippen LogP contribution in [0.25, 0.3) is 0 Å². The van der Waals surface area contributed by atoms with Gasteiger partial charge in [0.1, 0.15) is 17.9 Å². The first kappa shape index (κ1) is 46.3. The Bertz CT molecular complexity index is 965. The van der Waals surface area contributed by atoms with E-state index >= 15 is 0 Å². The van der Waals surface area contributed by atoms with Crippen molar-refractivity contribution in [2.45, 2.75) is 154 Å². The zero-order chi connectivity index (χ0) is 35.1. The summed E-state index contributed by atoms with van der Waals surface area (Å²) in [4.78, 5) is 4.46. The molecule has 1 saturated carbocycles. The zero-order valence-electron chi connectivity index (χ0n) is 31.8. The van der Waals surface area contributed by atoms with Gasteiger partial charge < -0.3 is 19.3 Å². The number of nitrogens with zero attached hydrogens (tertiary/aromatic N) is 2. The molecule has 0 aliphatic heterocycles. The van der Waals surface area contributed by atoms with Gasteiger partial charge in [-0.15, -0.1) is 0 Å². The molecule has 44 heavy (non-hydrogen) atoms. The van der Waals surface area contributed by atoms with Crippen molar-refractivity contribution in [2.24, 2.45) is 22.7 Å². The van der Waals surface area contributed by atoms with Crippen LogP contribution in [0.2, 0.25) is 0 Å². The maximum Gasteiger partial charge on any atom is 0.183 e. The number of nitriles is 1. The molecular formula is C38H70N2O4. The van der Waals surface area contributed by atoms with Crippen LogP contribution < -0.4 is 4.74 Å². The highest BCUT2D eigenvalue weighted by Crippen LogP contribution is 2.40. The fraction of sp³-hybridized carbons (Fsp3) is 0.789. The number of rotatable bonds is 12. The molecule has 0 amide bonds. The van der Waals surface area contributed by atoms with Crippen LogP contribution in [0.1, 0.15) is 147 Å². The number of aliphatic hydroxyl groups is 1. The average Bonchev–Trinajstić information content (AvgIpc) is 3.03. The monoisotopic (exact) mass is 619 g/mol. The van der Waals surface area contributed by atoms with E-state index in [1.165, 1.54) is 6.42 Å². The third kappa shape index (κ3) is 15.7. The van der Waals surface area contributed by atoms with E-state index < -0.39 is 0 Å². The van der Waals surface area contributed by atoms with Crippen LogP contribution in [0.5, 0.6) is 5.75 Å². The van der Waals surface area contributed by atoms with Crippen molar-refractivity contribution in [1.82, 2.24) is 4.98 Å². The summed E-state index contributed by atoms with van der Waals surface area (Å²) in [6.07, 6.45) is 5.21. The van der Waals surface area contributed by atoms with Crippen molar-refractivity contribution in [3.05, 3.63) is 23.5 Å². The second-order valence-corrected chi connectivity index (χ2v) is 12.3. The van der Waals surface area contributed by atoms with E-state index in [4.69, 9.17) is 19.3 Å². The number of ether oxygens (including phenoxy) is 3. The van der Waals surface area contributed by atoms with E-state index in [0.717, 1.165) is 32.8 Å². The van der Waals surface area contributed by atoms with Crippen molar-refractivity contribution in [2.75, 3.05) is 20.8 Å². The number of hydrogen-bond donors (Lipinski definition) is 1. The maximum atomic E-state index is 9.60. The molecule has 2 rings (SSSR count). The number of aliphatic hydroxyl groups excluding tert-OH is 1. The normalized spacial score (nSPS) is 17.3. The summed E-state index contributed by atoms with van der Waals surface area (Å²) in [5, 5.41) is 16.6. The molecule has 0 saturated heterocycles. The second kappa shape index (κ2) is 24.2. The lowest BCUT2D eigenvalue weighted by molar-refractivity contribution is -0.0936. The molecule has 1 aromatic heterocycles. The molecule has 1 aliphatic carbocycles. The summed E-state index contributed by atoms with van der Waals surface area (Å²) in [5.74, 6) is 8.53. The fourth-order valence-corrected chi connectivity index (χ4v) is 3.82. The van der Waals surface area contributed by atoms with Crippen molar-refractivity contribution >= 4 is 0 Å². The second-order valence-electron chi connectivity index (χ2n) is 12.3. The van der Waals surface area contributed by atoms with Crippen molar-refractivity contribution < 1.29 is 19.3 Å². The molecule has 1 fully saturated rings. The van der Waals surface area contributed by atoms with Gasteiger partial charge in [0, 0.05) is 37.9 Å². The third-order valence-electron chi connectivity index (χ3n) is 8.63. The molecule has 2 unspecified atom stereocenters. The largest absolute Gasteiger partial charge is 0.487 e. The van der Waals surface area contributed by atoms with Crippen LogP contribution in [0.15, 0.2) is 12.1 Å². The van der Waals surface area contributed by atoms with Crippen LogP contribution in [0, 0.1) is 45.8 Å². The quantitative estimate of drug-likeness (QED) is 0.235. The average molecular weight is 619 g/mol. The van der Waals surface area contributed by atoms with Crippen LogP contribution in [-0.2, 0) is 9.47 Å². The first-order valence-corrected chi connectivity index (χ1v) is 17.0. The summed E-state index contributed by atoms with van der Waals surface area (Å²) < 4.78 is 17.8. The van der Waals surface area contributed by atoms with Gasteiger partial charge in [0.25, 0.3) is 0 Å². The molecule has 256 valence electrons. The summed E-state index contributed by atoms with van der Waals surface area (Å²) >= 11 is 0. The molecule has 0 radical (unpaired) electrons. The number of hydrogen-bond acceptors (Lipinski definition) is 6. The van der Waals surface area contributed by atoms with E-state index in [1.807, 2.05) is 53.7 Å². The highest BCUT2D eigenvalue weighted by atomic mass is 16.5. The van der Waals surface area contributed by atoms with Gasteiger partial charge >= 0.3 is 0 Å². The van der Waals surface area contributed by atoms with Crippen molar-refractivity contribution in [1.29, 1.82) is 5.26 Å². The Kier molecular flexibility index (Phi) is 25.4. The van der Waals surface area contributed by atoms with E-state index in [-0.39, 0.29) is 34.3 Å². The molecule has 6 heteroatoms. The summed E-state index contributed by atoms with van der Waals surface area (Å²) in [6, 6.07) is 5.80. The summed E-state index contributed by atoms with van der Waals surface area (Å²) in [6.45, 7) is 32.7. The minimum absolute atomic E-state index is 0.0721. The van der Waals surface area contributed by atoms with Gasteiger partial charge in [-0.2, -0.15) is 5.26 Å². The Labute approximate surface area is 273 Å². The van der Waals surface area contributed by atoms with Crippen molar-refractivity contribution in [3.63, 3.8) is 0 Å². The minimum Gasteiger partial charge on any atom is -0.487 e. The molecule has 1 aromatic rings. The highest BCUT2D eigenvalue weighted by Gasteiger charge is 2.38. The maximum absolute atomic E-state index is 9.60. The Hall–Kier alpha value is -2.12. The first-order chi connectivity index (χ1) is 20.8. The number of aromatic nitrogens is 1. The Morgan fingerprint density at radius 1 is 0.955 bits per heavy atom. The molecule has 0 aromatic carbocycles. The summed E-state index contributed by atoms with van der Waals surface area (Å²) in [5.41, 5.74) is 0.221. The van der Waals surface area contributed by atoms with E-state index in [2.05, 4.69) is 85.2 Å². The molecule has 6 nitrogen and oxygen atoms in total. The standard InChI is InChI=1S/C31H48N2O3.3C2H6.CH4O/c1-11-31(9,17-14-23(4)22(2)3)35-21-30(7,8)29(5,6)16-15-24-12-13-28(27(20-32)33-24)36-26-18-25(19-26)34-10;4*1-2/h12-13,22-23,25-26H,11,14,17-19,21H2,1-10H3;3*1-2H3;2H,1H3. The molecule has 1 aliphatic rings.